The van der Waals surface area contributed by atoms with Crippen LogP contribution in [0.5, 0.6) is 0 Å². The number of ether oxygens (including phenoxy) is 1. The highest BCUT2D eigenvalue weighted by molar-refractivity contribution is 7.90. The van der Waals surface area contributed by atoms with E-state index >= 15 is 0 Å². The Morgan fingerprint density at radius 2 is 1.85 bits per heavy atom. The van der Waals surface area contributed by atoms with Gasteiger partial charge in [0.15, 0.2) is 5.78 Å². The summed E-state index contributed by atoms with van der Waals surface area (Å²) in [6.07, 6.45) is 1.18. The Hall–Kier alpha value is -3.56. The van der Waals surface area contributed by atoms with Gasteiger partial charge in [0.2, 0.25) is 0 Å². The molecule has 0 aliphatic heterocycles. The molecule has 1 heterocycles. The highest BCUT2D eigenvalue weighted by atomic mass is 35.5. The third-order valence-electron chi connectivity index (χ3n) is 4.99. The van der Waals surface area contributed by atoms with Gasteiger partial charge in [-0.15, -0.1) is 0 Å². The van der Waals surface area contributed by atoms with E-state index in [1.54, 1.807) is 12.1 Å². The van der Waals surface area contributed by atoms with E-state index in [0.717, 1.165) is 10.2 Å². The number of Topliss-reactive ketones (excluding diaryl/α,β-unsaturated/α-hetero) is 1. The molecule has 33 heavy (non-hydrogen) atoms. The van der Waals surface area contributed by atoms with Crippen LogP contribution in [-0.4, -0.2) is 36.5 Å². The number of halogens is 2. The molecule has 10 heteroatoms. The van der Waals surface area contributed by atoms with Gasteiger partial charge in [-0.05, 0) is 42.0 Å². The molecular formula is C23H16ClFN2O5S. The standard InChI is InChI=1S/C23H16ClFN2O5S/c1-32-23(29)15-4-2-5-17(12-15)33(30,31)27-20-10-14(8-9-16(20)13-26-27)11-21(28)22-18(24)6-3-7-19(22)25/h2-10,12-13H,11H2,1H3. The second kappa shape index (κ2) is 8.76. The van der Waals surface area contributed by atoms with Crippen molar-refractivity contribution in [2.45, 2.75) is 11.3 Å². The molecule has 0 fully saturated rings. The molecule has 3 aromatic carbocycles. The zero-order valence-electron chi connectivity index (χ0n) is 17.2. The summed E-state index contributed by atoms with van der Waals surface area (Å²) in [4.78, 5) is 24.3. The fourth-order valence-electron chi connectivity index (χ4n) is 3.38. The van der Waals surface area contributed by atoms with Crippen LogP contribution in [0.2, 0.25) is 5.02 Å². The first-order chi connectivity index (χ1) is 15.7. The molecule has 0 aliphatic rings. The van der Waals surface area contributed by atoms with Gasteiger partial charge in [0.05, 0.1) is 39.9 Å². The number of benzene rings is 3. The Balaban J connectivity index is 1.73. The second-order valence-electron chi connectivity index (χ2n) is 7.10. The van der Waals surface area contributed by atoms with Crippen LogP contribution in [0.1, 0.15) is 26.3 Å². The van der Waals surface area contributed by atoms with Crippen LogP contribution in [-0.2, 0) is 21.2 Å². The summed E-state index contributed by atoms with van der Waals surface area (Å²) in [7, 11) is -2.97. The maximum Gasteiger partial charge on any atom is 0.337 e. The monoisotopic (exact) mass is 486 g/mol. The van der Waals surface area contributed by atoms with E-state index in [-0.39, 0.29) is 33.0 Å². The normalized spacial score (nSPS) is 11.5. The number of esters is 1. The van der Waals surface area contributed by atoms with Crippen molar-refractivity contribution in [3.8, 4) is 0 Å². The molecule has 0 radical (unpaired) electrons. The summed E-state index contributed by atoms with van der Waals surface area (Å²) in [6, 6.07) is 14.1. The van der Waals surface area contributed by atoms with Crippen LogP contribution in [0.25, 0.3) is 10.9 Å². The number of ketones is 1. The SMILES string of the molecule is COC(=O)c1cccc(S(=O)(=O)n2ncc3ccc(CC(=O)c4c(F)cccc4Cl)cc32)c1. The number of rotatable bonds is 6. The predicted octanol–water partition coefficient (Wildman–Crippen LogP) is 4.28. The summed E-state index contributed by atoms with van der Waals surface area (Å²) in [6.45, 7) is 0. The summed E-state index contributed by atoms with van der Waals surface area (Å²) < 4.78 is 46.0. The van der Waals surface area contributed by atoms with Crippen molar-refractivity contribution in [3.63, 3.8) is 0 Å². The smallest absolute Gasteiger partial charge is 0.337 e. The van der Waals surface area contributed by atoms with E-state index < -0.39 is 27.6 Å². The van der Waals surface area contributed by atoms with E-state index in [1.165, 1.54) is 55.8 Å². The molecule has 0 saturated heterocycles. The lowest BCUT2D eigenvalue weighted by atomic mass is 10.0. The first-order valence-electron chi connectivity index (χ1n) is 9.60. The topological polar surface area (TPSA) is 95.3 Å². The molecule has 4 aromatic rings. The zero-order valence-corrected chi connectivity index (χ0v) is 18.7. The maximum absolute atomic E-state index is 14.1. The zero-order chi connectivity index (χ0) is 23.8. The van der Waals surface area contributed by atoms with Crippen molar-refractivity contribution in [2.24, 2.45) is 0 Å². The van der Waals surface area contributed by atoms with Gasteiger partial charge in [0.25, 0.3) is 10.0 Å². The van der Waals surface area contributed by atoms with Crippen LogP contribution in [0.4, 0.5) is 4.39 Å². The van der Waals surface area contributed by atoms with Crippen LogP contribution in [0.15, 0.2) is 71.8 Å². The fourth-order valence-corrected chi connectivity index (χ4v) is 4.96. The number of hydrogen-bond donors (Lipinski definition) is 0. The molecule has 0 unspecified atom stereocenters. The first kappa shape index (κ1) is 22.6. The number of aromatic nitrogens is 2. The summed E-state index contributed by atoms with van der Waals surface area (Å²) >= 11 is 5.98. The third kappa shape index (κ3) is 4.24. The first-order valence-corrected chi connectivity index (χ1v) is 11.4. The molecule has 0 spiro atoms. The van der Waals surface area contributed by atoms with Crippen LogP contribution < -0.4 is 0 Å². The van der Waals surface area contributed by atoms with E-state index in [0.29, 0.717) is 10.9 Å². The number of methoxy groups -OCH3 is 1. The summed E-state index contributed by atoms with van der Waals surface area (Å²) in [5.74, 6) is -1.95. The van der Waals surface area contributed by atoms with Gasteiger partial charge in [0, 0.05) is 11.8 Å². The second-order valence-corrected chi connectivity index (χ2v) is 9.28. The number of hydrogen-bond acceptors (Lipinski definition) is 6. The Morgan fingerprint density at radius 1 is 1.09 bits per heavy atom. The van der Waals surface area contributed by atoms with Crippen molar-refractivity contribution >= 4 is 44.3 Å². The number of carbonyl (C=O) groups excluding carboxylic acids is 2. The van der Waals surface area contributed by atoms with Crippen LogP contribution in [0, 0.1) is 5.82 Å². The van der Waals surface area contributed by atoms with Gasteiger partial charge < -0.3 is 4.74 Å². The van der Waals surface area contributed by atoms with Crippen molar-refractivity contribution in [3.05, 3.63) is 94.4 Å². The van der Waals surface area contributed by atoms with Gasteiger partial charge in [-0.1, -0.05) is 35.9 Å². The molecule has 0 bridgehead atoms. The molecule has 0 atom stereocenters. The molecular weight excluding hydrogens is 471 g/mol. The van der Waals surface area contributed by atoms with Gasteiger partial charge in [0.1, 0.15) is 5.82 Å². The molecule has 0 aliphatic carbocycles. The maximum atomic E-state index is 14.1. The molecule has 168 valence electrons. The lowest BCUT2D eigenvalue weighted by Crippen LogP contribution is -2.15. The van der Waals surface area contributed by atoms with Crippen molar-refractivity contribution in [1.29, 1.82) is 0 Å². The van der Waals surface area contributed by atoms with E-state index in [9.17, 15) is 22.4 Å². The minimum atomic E-state index is -4.17. The highest BCUT2D eigenvalue weighted by Gasteiger charge is 2.23. The minimum Gasteiger partial charge on any atom is -0.465 e. The molecule has 0 N–H and O–H groups in total. The summed E-state index contributed by atoms with van der Waals surface area (Å²) in [5, 5.41) is 4.51. The average molecular weight is 487 g/mol. The highest BCUT2D eigenvalue weighted by Crippen LogP contribution is 2.25. The van der Waals surface area contributed by atoms with Gasteiger partial charge in [-0.25, -0.2) is 9.18 Å². The van der Waals surface area contributed by atoms with Crippen LogP contribution >= 0.6 is 11.6 Å². The van der Waals surface area contributed by atoms with Gasteiger partial charge in [-0.3, -0.25) is 4.79 Å². The van der Waals surface area contributed by atoms with E-state index in [1.807, 2.05) is 0 Å². The van der Waals surface area contributed by atoms with Crippen LogP contribution in [0.3, 0.4) is 0 Å². The predicted molar refractivity (Wildman–Crippen MR) is 120 cm³/mol. The minimum absolute atomic E-state index is 0.000754. The van der Waals surface area contributed by atoms with Gasteiger partial charge in [-0.2, -0.15) is 17.6 Å². The molecule has 4 rings (SSSR count). The largest absolute Gasteiger partial charge is 0.465 e. The van der Waals surface area contributed by atoms with Crippen molar-refractivity contribution < 1.29 is 27.1 Å². The molecule has 7 nitrogen and oxygen atoms in total. The number of carbonyl (C=O) groups is 2. The fraction of sp³-hybridized carbons (Fsp3) is 0.0870. The number of fused-ring (bicyclic) bond motifs is 1. The lowest BCUT2D eigenvalue weighted by molar-refractivity contribution is 0.0600. The van der Waals surface area contributed by atoms with E-state index in [4.69, 9.17) is 11.6 Å². The van der Waals surface area contributed by atoms with Crippen molar-refractivity contribution in [1.82, 2.24) is 9.19 Å². The van der Waals surface area contributed by atoms with Crippen molar-refractivity contribution in [2.75, 3.05) is 7.11 Å². The lowest BCUT2D eigenvalue weighted by Gasteiger charge is -2.09. The van der Waals surface area contributed by atoms with Gasteiger partial charge >= 0.3 is 5.97 Å². The average Bonchev–Trinajstić information content (AvgIpc) is 3.22. The molecule has 0 saturated carbocycles. The van der Waals surface area contributed by atoms with E-state index in [2.05, 4.69) is 9.84 Å². The Kier molecular flexibility index (Phi) is 6.01. The Morgan fingerprint density at radius 3 is 2.58 bits per heavy atom. The third-order valence-corrected chi connectivity index (χ3v) is 6.90. The quantitative estimate of drug-likeness (QED) is 0.298. The molecule has 0 amide bonds. The number of nitrogens with zero attached hydrogens (tertiary/aromatic N) is 2. The Labute approximate surface area is 193 Å². The molecule has 1 aromatic heterocycles. The Bertz CT molecular complexity index is 1490. The summed E-state index contributed by atoms with van der Waals surface area (Å²) in [5.41, 5.74) is 0.526.